The maximum absolute atomic E-state index is 6.15. The van der Waals surface area contributed by atoms with Crippen LogP contribution in [-0.4, -0.2) is 6.61 Å². The average Bonchev–Trinajstić information content (AvgIpc) is 2.88. The summed E-state index contributed by atoms with van der Waals surface area (Å²) in [5.74, 6) is 1.01. The number of rotatable bonds is 2. The van der Waals surface area contributed by atoms with Crippen LogP contribution in [0.4, 0.5) is 0 Å². The molecule has 0 amide bonds. The van der Waals surface area contributed by atoms with Crippen molar-refractivity contribution >= 4 is 43.5 Å². The van der Waals surface area contributed by atoms with Gasteiger partial charge in [-0.05, 0) is 50.8 Å². The van der Waals surface area contributed by atoms with Crippen molar-refractivity contribution in [3.05, 3.63) is 62.6 Å². The quantitative estimate of drug-likeness (QED) is 0.601. The number of hydrogen-bond acceptors (Lipinski definition) is 1. The van der Waals surface area contributed by atoms with E-state index in [1.807, 2.05) is 18.2 Å². The van der Waals surface area contributed by atoms with Gasteiger partial charge in [0.25, 0.3) is 0 Å². The topological polar surface area (TPSA) is 9.23 Å². The molecule has 0 N–H and O–H groups in total. The minimum absolute atomic E-state index is 0.143. The van der Waals surface area contributed by atoms with E-state index in [0.717, 1.165) is 33.8 Å². The lowest BCUT2D eigenvalue weighted by atomic mass is 10.0. The van der Waals surface area contributed by atoms with Crippen molar-refractivity contribution in [1.82, 2.24) is 0 Å². The van der Waals surface area contributed by atoms with Gasteiger partial charge in [0.05, 0.1) is 16.5 Å². The van der Waals surface area contributed by atoms with Gasteiger partial charge in [-0.1, -0.05) is 45.7 Å². The van der Waals surface area contributed by atoms with Gasteiger partial charge in [0.15, 0.2) is 0 Å². The lowest BCUT2D eigenvalue weighted by molar-refractivity contribution is 0.357. The fraction of sp³-hybridized carbons (Fsp3) is 0.200. The first kappa shape index (κ1) is 13.5. The molecule has 2 aromatic rings. The van der Waals surface area contributed by atoms with E-state index in [9.17, 15) is 0 Å². The van der Waals surface area contributed by atoms with E-state index in [4.69, 9.17) is 16.3 Å². The maximum atomic E-state index is 6.15. The average molecular weight is 403 g/mol. The molecule has 1 aliphatic heterocycles. The van der Waals surface area contributed by atoms with Crippen LogP contribution in [0.2, 0.25) is 5.02 Å². The predicted octanol–water partition coefficient (Wildman–Crippen LogP) is 5.52. The molecule has 0 aromatic heterocycles. The van der Waals surface area contributed by atoms with Gasteiger partial charge < -0.3 is 4.74 Å². The molecule has 2 aromatic carbocycles. The molecule has 0 radical (unpaired) electrons. The monoisotopic (exact) mass is 400 g/mol. The standard InChI is InChI=1S/C15H11Br2ClO/c16-12-3-1-11(8-13(12)18)15(17)10-2-4-14-9(7-10)5-6-19-14/h1-4,7-8,15H,5-6H2. The first-order valence-corrected chi connectivity index (χ1v) is 8.08. The Balaban J connectivity index is 1.94. The Labute approximate surface area is 134 Å². The SMILES string of the molecule is Clc1cc(C(Br)c2ccc3c(c2)CCO3)ccc1Br. The molecule has 0 bridgehead atoms. The van der Waals surface area contributed by atoms with Crippen LogP contribution in [-0.2, 0) is 6.42 Å². The Morgan fingerprint density at radius 1 is 1.11 bits per heavy atom. The number of ether oxygens (including phenoxy) is 1. The van der Waals surface area contributed by atoms with E-state index < -0.39 is 0 Å². The van der Waals surface area contributed by atoms with Crippen LogP contribution in [0.5, 0.6) is 5.75 Å². The normalized spacial score (nSPS) is 14.9. The molecule has 0 saturated carbocycles. The van der Waals surface area contributed by atoms with Gasteiger partial charge in [0, 0.05) is 10.9 Å². The van der Waals surface area contributed by atoms with E-state index in [1.54, 1.807) is 0 Å². The lowest BCUT2D eigenvalue weighted by Gasteiger charge is -2.13. The number of benzene rings is 2. The largest absolute Gasteiger partial charge is 0.493 e. The van der Waals surface area contributed by atoms with Crippen molar-refractivity contribution in [3.8, 4) is 5.75 Å². The number of hydrogen-bond donors (Lipinski definition) is 0. The van der Waals surface area contributed by atoms with Crippen LogP contribution < -0.4 is 4.74 Å². The highest BCUT2D eigenvalue weighted by Gasteiger charge is 2.17. The third kappa shape index (κ3) is 2.69. The molecule has 4 heteroatoms. The van der Waals surface area contributed by atoms with E-state index in [-0.39, 0.29) is 4.83 Å². The zero-order valence-corrected chi connectivity index (χ0v) is 13.9. The van der Waals surface area contributed by atoms with Crippen LogP contribution >= 0.6 is 43.5 Å². The number of alkyl halides is 1. The summed E-state index contributed by atoms with van der Waals surface area (Å²) in [4.78, 5) is 0.143. The predicted molar refractivity (Wildman–Crippen MR) is 85.6 cm³/mol. The molecule has 0 spiro atoms. The molecule has 0 saturated heterocycles. The van der Waals surface area contributed by atoms with E-state index in [0.29, 0.717) is 0 Å². The van der Waals surface area contributed by atoms with E-state index >= 15 is 0 Å². The van der Waals surface area contributed by atoms with E-state index in [1.165, 1.54) is 11.1 Å². The summed E-state index contributed by atoms with van der Waals surface area (Å²) in [6, 6.07) is 12.4. The second kappa shape index (κ2) is 5.47. The van der Waals surface area contributed by atoms with Crippen molar-refractivity contribution in [2.45, 2.75) is 11.2 Å². The van der Waals surface area contributed by atoms with Crippen LogP contribution in [0.3, 0.4) is 0 Å². The Kier molecular flexibility index (Phi) is 3.88. The third-order valence-electron chi connectivity index (χ3n) is 3.24. The maximum Gasteiger partial charge on any atom is 0.122 e. The molecular weight excluding hydrogens is 391 g/mol. The first-order chi connectivity index (χ1) is 9.15. The van der Waals surface area contributed by atoms with Gasteiger partial charge in [0.2, 0.25) is 0 Å². The highest BCUT2D eigenvalue weighted by molar-refractivity contribution is 9.10. The zero-order chi connectivity index (χ0) is 13.4. The summed E-state index contributed by atoms with van der Waals surface area (Å²) in [5, 5.41) is 0.728. The summed E-state index contributed by atoms with van der Waals surface area (Å²) in [6.45, 7) is 0.788. The smallest absolute Gasteiger partial charge is 0.122 e. The van der Waals surface area contributed by atoms with Gasteiger partial charge in [-0.3, -0.25) is 0 Å². The van der Waals surface area contributed by atoms with Crippen LogP contribution in [0.15, 0.2) is 40.9 Å². The molecule has 1 unspecified atom stereocenters. The Morgan fingerprint density at radius 3 is 2.63 bits per heavy atom. The highest BCUT2D eigenvalue weighted by Crippen LogP contribution is 2.37. The van der Waals surface area contributed by atoms with Crippen molar-refractivity contribution < 1.29 is 4.74 Å². The molecule has 19 heavy (non-hydrogen) atoms. The minimum Gasteiger partial charge on any atom is -0.493 e. The Morgan fingerprint density at radius 2 is 1.84 bits per heavy atom. The molecule has 0 fully saturated rings. The minimum atomic E-state index is 0.143. The summed E-state index contributed by atoms with van der Waals surface area (Å²) in [5.41, 5.74) is 3.65. The molecule has 98 valence electrons. The molecule has 1 aliphatic rings. The van der Waals surface area contributed by atoms with Crippen molar-refractivity contribution in [3.63, 3.8) is 0 Å². The third-order valence-corrected chi connectivity index (χ3v) is 5.53. The van der Waals surface area contributed by atoms with Gasteiger partial charge in [-0.25, -0.2) is 0 Å². The molecule has 1 nitrogen and oxygen atoms in total. The van der Waals surface area contributed by atoms with Crippen LogP contribution in [0.25, 0.3) is 0 Å². The summed E-state index contributed by atoms with van der Waals surface area (Å²) < 4.78 is 6.45. The molecule has 3 rings (SSSR count). The van der Waals surface area contributed by atoms with Gasteiger partial charge in [-0.15, -0.1) is 0 Å². The molecular formula is C15H11Br2ClO. The Hall–Kier alpha value is -0.510. The number of halogens is 3. The Bertz CT molecular complexity index is 628. The lowest BCUT2D eigenvalue weighted by Crippen LogP contribution is -1.94. The van der Waals surface area contributed by atoms with Crippen LogP contribution in [0, 0.1) is 0 Å². The van der Waals surface area contributed by atoms with Gasteiger partial charge >= 0.3 is 0 Å². The first-order valence-electron chi connectivity index (χ1n) is 6.00. The highest BCUT2D eigenvalue weighted by atomic mass is 79.9. The van der Waals surface area contributed by atoms with E-state index in [2.05, 4.69) is 50.1 Å². The van der Waals surface area contributed by atoms with Crippen molar-refractivity contribution in [2.24, 2.45) is 0 Å². The molecule has 1 heterocycles. The summed E-state index contributed by atoms with van der Waals surface area (Å²) >= 11 is 13.3. The second-order valence-electron chi connectivity index (χ2n) is 4.50. The summed E-state index contributed by atoms with van der Waals surface area (Å²) in [7, 11) is 0. The molecule has 1 atom stereocenters. The number of fused-ring (bicyclic) bond motifs is 1. The molecule has 0 aliphatic carbocycles. The van der Waals surface area contributed by atoms with Gasteiger partial charge in [-0.2, -0.15) is 0 Å². The van der Waals surface area contributed by atoms with Gasteiger partial charge in [0.1, 0.15) is 5.75 Å². The second-order valence-corrected chi connectivity index (χ2v) is 6.68. The van der Waals surface area contributed by atoms with Crippen molar-refractivity contribution in [1.29, 1.82) is 0 Å². The fourth-order valence-corrected chi connectivity index (χ4v) is 3.23. The summed E-state index contributed by atoms with van der Waals surface area (Å²) in [6.07, 6.45) is 0.990. The zero-order valence-electron chi connectivity index (χ0n) is 10.00. The fourth-order valence-electron chi connectivity index (χ4n) is 2.23. The van der Waals surface area contributed by atoms with Crippen LogP contribution in [0.1, 0.15) is 21.5 Å². The van der Waals surface area contributed by atoms with Crippen molar-refractivity contribution in [2.75, 3.05) is 6.61 Å².